The van der Waals surface area contributed by atoms with Gasteiger partial charge in [-0.25, -0.2) is 0 Å². The molecule has 2 heteroatoms. The van der Waals surface area contributed by atoms with Crippen molar-refractivity contribution >= 4 is 0 Å². The average Bonchev–Trinajstić information content (AvgIpc) is 2.30. The summed E-state index contributed by atoms with van der Waals surface area (Å²) in [6, 6.07) is 10.7. The van der Waals surface area contributed by atoms with Crippen LogP contribution in [-0.2, 0) is 5.41 Å². The molecule has 1 rings (SSSR count). The Bertz CT molecular complexity index is 280. The number of hydrogen-bond donors (Lipinski definition) is 2. The van der Waals surface area contributed by atoms with Gasteiger partial charge in [-0.15, -0.1) is 0 Å². The van der Waals surface area contributed by atoms with E-state index in [4.69, 9.17) is 5.73 Å². The fraction of sp³-hybridized carbons (Fsp3) is 0.571. The summed E-state index contributed by atoms with van der Waals surface area (Å²) in [6.45, 7) is 7.46. The van der Waals surface area contributed by atoms with E-state index < -0.39 is 0 Å². The largest absolute Gasteiger partial charge is 0.330 e. The summed E-state index contributed by atoms with van der Waals surface area (Å²) in [7, 11) is 0. The van der Waals surface area contributed by atoms with Gasteiger partial charge in [0.15, 0.2) is 0 Å². The van der Waals surface area contributed by atoms with Crippen LogP contribution in [0.15, 0.2) is 30.3 Å². The SMILES string of the molecule is CC(C)(CCNCCCN)c1ccccc1. The van der Waals surface area contributed by atoms with Crippen molar-refractivity contribution in [2.75, 3.05) is 19.6 Å². The van der Waals surface area contributed by atoms with Crippen LogP contribution in [0.3, 0.4) is 0 Å². The highest BCUT2D eigenvalue weighted by Gasteiger charge is 2.19. The normalized spacial score (nSPS) is 11.7. The number of nitrogens with one attached hydrogen (secondary N) is 1. The van der Waals surface area contributed by atoms with Crippen LogP contribution in [0, 0.1) is 0 Å². The van der Waals surface area contributed by atoms with E-state index in [0.29, 0.717) is 0 Å². The quantitative estimate of drug-likeness (QED) is 0.692. The van der Waals surface area contributed by atoms with Crippen LogP contribution >= 0.6 is 0 Å². The zero-order valence-electron chi connectivity index (χ0n) is 10.5. The van der Waals surface area contributed by atoms with Gasteiger partial charge in [0.25, 0.3) is 0 Å². The molecule has 16 heavy (non-hydrogen) atoms. The van der Waals surface area contributed by atoms with Crippen LogP contribution in [0.25, 0.3) is 0 Å². The molecule has 0 saturated carbocycles. The van der Waals surface area contributed by atoms with Gasteiger partial charge in [-0.3, -0.25) is 0 Å². The monoisotopic (exact) mass is 220 g/mol. The maximum atomic E-state index is 5.45. The molecule has 2 nitrogen and oxygen atoms in total. The topological polar surface area (TPSA) is 38.0 Å². The fourth-order valence-corrected chi connectivity index (χ4v) is 1.79. The van der Waals surface area contributed by atoms with E-state index in [-0.39, 0.29) is 5.41 Å². The van der Waals surface area contributed by atoms with Gasteiger partial charge in [-0.05, 0) is 43.5 Å². The molecule has 0 amide bonds. The molecular weight excluding hydrogens is 196 g/mol. The van der Waals surface area contributed by atoms with Crippen LogP contribution in [-0.4, -0.2) is 19.6 Å². The van der Waals surface area contributed by atoms with Crippen LogP contribution < -0.4 is 11.1 Å². The Morgan fingerprint density at radius 3 is 2.44 bits per heavy atom. The number of rotatable bonds is 7. The molecule has 3 N–H and O–H groups in total. The second-order valence-electron chi connectivity index (χ2n) is 4.89. The van der Waals surface area contributed by atoms with E-state index in [1.165, 1.54) is 5.56 Å². The molecule has 0 heterocycles. The Hall–Kier alpha value is -0.860. The van der Waals surface area contributed by atoms with E-state index in [2.05, 4.69) is 49.5 Å². The molecule has 0 bridgehead atoms. The molecule has 0 aromatic heterocycles. The lowest BCUT2D eigenvalue weighted by Gasteiger charge is -2.25. The Morgan fingerprint density at radius 1 is 1.12 bits per heavy atom. The first kappa shape index (κ1) is 13.2. The number of hydrogen-bond acceptors (Lipinski definition) is 2. The van der Waals surface area contributed by atoms with Gasteiger partial charge >= 0.3 is 0 Å². The summed E-state index contributed by atoms with van der Waals surface area (Å²) >= 11 is 0. The van der Waals surface area contributed by atoms with Crippen molar-refractivity contribution < 1.29 is 0 Å². The number of benzene rings is 1. The Balaban J connectivity index is 2.35. The van der Waals surface area contributed by atoms with Crippen molar-refractivity contribution in [3.63, 3.8) is 0 Å². The molecule has 0 fully saturated rings. The van der Waals surface area contributed by atoms with Gasteiger partial charge < -0.3 is 11.1 Å². The lowest BCUT2D eigenvalue weighted by molar-refractivity contribution is 0.456. The lowest BCUT2D eigenvalue weighted by Crippen LogP contribution is -2.26. The molecule has 0 unspecified atom stereocenters. The molecule has 1 aromatic carbocycles. The summed E-state index contributed by atoms with van der Waals surface area (Å²) in [5.41, 5.74) is 7.11. The van der Waals surface area contributed by atoms with Crippen molar-refractivity contribution in [1.29, 1.82) is 0 Å². The molecule has 1 aromatic rings. The van der Waals surface area contributed by atoms with E-state index in [9.17, 15) is 0 Å². The zero-order chi connectivity index (χ0) is 11.9. The average molecular weight is 220 g/mol. The van der Waals surface area contributed by atoms with Crippen molar-refractivity contribution in [3.8, 4) is 0 Å². The third-order valence-corrected chi connectivity index (χ3v) is 3.04. The zero-order valence-corrected chi connectivity index (χ0v) is 10.5. The molecule has 0 atom stereocenters. The van der Waals surface area contributed by atoms with E-state index in [1.807, 2.05) is 0 Å². The van der Waals surface area contributed by atoms with Gasteiger partial charge in [-0.1, -0.05) is 44.2 Å². The van der Waals surface area contributed by atoms with Gasteiger partial charge in [-0.2, -0.15) is 0 Å². The molecule has 90 valence electrons. The summed E-state index contributed by atoms with van der Waals surface area (Å²) in [5.74, 6) is 0. The maximum absolute atomic E-state index is 5.45. The van der Waals surface area contributed by atoms with Crippen molar-refractivity contribution in [3.05, 3.63) is 35.9 Å². The van der Waals surface area contributed by atoms with Gasteiger partial charge in [0.2, 0.25) is 0 Å². The van der Waals surface area contributed by atoms with E-state index in [1.54, 1.807) is 0 Å². The second kappa shape index (κ2) is 6.66. The maximum Gasteiger partial charge on any atom is -0.00369 e. The van der Waals surface area contributed by atoms with E-state index >= 15 is 0 Å². The summed E-state index contributed by atoms with van der Waals surface area (Å²) in [4.78, 5) is 0. The first-order valence-corrected chi connectivity index (χ1v) is 6.13. The Morgan fingerprint density at radius 2 is 1.81 bits per heavy atom. The third-order valence-electron chi connectivity index (χ3n) is 3.04. The van der Waals surface area contributed by atoms with Crippen LogP contribution in [0.4, 0.5) is 0 Å². The van der Waals surface area contributed by atoms with Gasteiger partial charge in [0.05, 0.1) is 0 Å². The van der Waals surface area contributed by atoms with Crippen LogP contribution in [0.2, 0.25) is 0 Å². The highest BCUT2D eigenvalue weighted by atomic mass is 14.8. The van der Waals surface area contributed by atoms with Crippen molar-refractivity contribution in [1.82, 2.24) is 5.32 Å². The molecule has 0 spiro atoms. The minimum atomic E-state index is 0.247. The highest BCUT2D eigenvalue weighted by molar-refractivity contribution is 5.23. The highest BCUT2D eigenvalue weighted by Crippen LogP contribution is 2.25. The second-order valence-corrected chi connectivity index (χ2v) is 4.89. The third kappa shape index (κ3) is 4.33. The molecule has 0 radical (unpaired) electrons. The summed E-state index contributed by atoms with van der Waals surface area (Å²) < 4.78 is 0. The Labute approximate surface area is 99.2 Å². The van der Waals surface area contributed by atoms with Gasteiger partial charge in [0, 0.05) is 0 Å². The van der Waals surface area contributed by atoms with Crippen LogP contribution in [0.1, 0.15) is 32.3 Å². The van der Waals surface area contributed by atoms with Crippen molar-refractivity contribution in [2.24, 2.45) is 5.73 Å². The molecule has 0 saturated heterocycles. The predicted octanol–water partition coefficient (Wildman–Crippen LogP) is 2.29. The van der Waals surface area contributed by atoms with Gasteiger partial charge in [0.1, 0.15) is 0 Å². The molecule has 0 aliphatic carbocycles. The lowest BCUT2D eigenvalue weighted by atomic mass is 9.81. The first-order chi connectivity index (χ1) is 7.67. The smallest absolute Gasteiger partial charge is 0.00369 e. The standard InChI is InChI=1S/C14H24N2/c1-14(2,9-12-16-11-6-10-15)13-7-4-3-5-8-13/h3-5,7-8,16H,6,9-12,15H2,1-2H3. The minimum absolute atomic E-state index is 0.247. The Kier molecular flexibility index (Phi) is 5.50. The first-order valence-electron chi connectivity index (χ1n) is 6.13. The minimum Gasteiger partial charge on any atom is -0.330 e. The van der Waals surface area contributed by atoms with Crippen molar-refractivity contribution in [2.45, 2.75) is 32.1 Å². The molecular formula is C14H24N2. The van der Waals surface area contributed by atoms with E-state index in [0.717, 1.165) is 32.5 Å². The predicted molar refractivity (Wildman–Crippen MR) is 70.6 cm³/mol. The number of nitrogens with two attached hydrogens (primary N) is 1. The molecule has 0 aliphatic rings. The van der Waals surface area contributed by atoms with Crippen LogP contribution in [0.5, 0.6) is 0 Å². The fourth-order valence-electron chi connectivity index (χ4n) is 1.79. The summed E-state index contributed by atoms with van der Waals surface area (Å²) in [6.07, 6.45) is 2.22. The summed E-state index contributed by atoms with van der Waals surface area (Å²) in [5, 5.41) is 3.43. The molecule has 0 aliphatic heterocycles.